The van der Waals surface area contributed by atoms with E-state index in [1.54, 1.807) is 4.90 Å². The Labute approximate surface area is 118 Å². The van der Waals surface area contributed by atoms with Crippen molar-refractivity contribution in [2.24, 2.45) is 0 Å². The average Bonchev–Trinajstić information content (AvgIpc) is 2.91. The van der Waals surface area contributed by atoms with Crippen molar-refractivity contribution in [2.45, 2.75) is 25.5 Å². The zero-order chi connectivity index (χ0) is 14.1. The standard InChI is InChI=1S/C15H20N2O3/c1-10-13(6-8-19-10)17(2)15(18)11-4-3-5-12-14(11)20-9-7-16-12/h3-5,10,13,16H,6-9H2,1-2H3. The normalized spacial score (nSPS) is 24.5. The summed E-state index contributed by atoms with van der Waals surface area (Å²) >= 11 is 0. The van der Waals surface area contributed by atoms with E-state index in [0.717, 1.165) is 18.7 Å². The number of rotatable bonds is 2. The molecule has 2 unspecified atom stereocenters. The lowest BCUT2D eigenvalue weighted by Crippen LogP contribution is -2.41. The van der Waals surface area contributed by atoms with E-state index in [4.69, 9.17) is 9.47 Å². The molecule has 2 heterocycles. The number of carbonyl (C=O) groups is 1. The Hall–Kier alpha value is -1.75. The van der Waals surface area contributed by atoms with Crippen LogP contribution in [0.15, 0.2) is 18.2 Å². The molecule has 5 nitrogen and oxygen atoms in total. The molecule has 1 aromatic carbocycles. The van der Waals surface area contributed by atoms with Gasteiger partial charge in [0.15, 0.2) is 5.75 Å². The fourth-order valence-electron chi connectivity index (χ4n) is 2.91. The highest BCUT2D eigenvalue weighted by Crippen LogP contribution is 2.32. The fourth-order valence-corrected chi connectivity index (χ4v) is 2.91. The maximum Gasteiger partial charge on any atom is 0.257 e. The Kier molecular flexibility index (Phi) is 3.53. The number of benzene rings is 1. The molecule has 2 aliphatic heterocycles. The van der Waals surface area contributed by atoms with E-state index in [9.17, 15) is 4.79 Å². The van der Waals surface area contributed by atoms with E-state index in [2.05, 4.69) is 5.32 Å². The molecule has 0 bridgehead atoms. The molecule has 1 fully saturated rings. The first-order chi connectivity index (χ1) is 9.68. The highest BCUT2D eigenvalue weighted by molar-refractivity contribution is 5.99. The average molecular weight is 276 g/mol. The largest absolute Gasteiger partial charge is 0.489 e. The highest BCUT2D eigenvalue weighted by atomic mass is 16.5. The Balaban J connectivity index is 1.87. The molecule has 0 spiro atoms. The molecule has 1 amide bonds. The van der Waals surface area contributed by atoms with Crippen molar-refractivity contribution >= 4 is 11.6 Å². The smallest absolute Gasteiger partial charge is 0.257 e. The molecule has 2 aliphatic rings. The molecule has 1 aromatic rings. The number of nitrogens with zero attached hydrogens (tertiary/aromatic N) is 1. The van der Waals surface area contributed by atoms with Crippen LogP contribution >= 0.6 is 0 Å². The number of nitrogens with one attached hydrogen (secondary N) is 1. The molecular weight excluding hydrogens is 256 g/mol. The summed E-state index contributed by atoms with van der Waals surface area (Å²) < 4.78 is 11.2. The summed E-state index contributed by atoms with van der Waals surface area (Å²) in [4.78, 5) is 14.5. The molecule has 20 heavy (non-hydrogen) atoms. The van der Waals surface area contributed by atoms with Gasteiger partial charge < -0.3 is 19.7 Å². The maximum absolute atomic E-state index is 12.7. The first-order valence-electron chi connectivity index (χ1n) is 7.07. The third kappa shape index (κ3) is 2.22. The maximum atomic E-state index is 12.7. The van der Waals surface area contributed by atoms with Gasteiger partial charge in [0.1, 0.15) is 6.61 Å². The lowest BCUT2D eigenvalue weighted by atomic mass is 10.1. The van der Waals surface area contributed by atoms with Gasteiger partial charge >= 0.3 is 0 Å². The van der Waals surface area contributed by atoms with Crippen LogP contribution in [0.3, 0.4) is 0 Å². The predicted octanol–water partition coefficient (Wildman–Crippen LogP) is 1.74. The van der Waals surface area contributed by atoms with E-state index in [1.165, 1.54) is 0 Å². The zero-order valence-corrected chi connectivity index (χ0v) is 11.9. The minimum Gasteiger partial charge on any atom is -0.489 e. The first kappa shape index (κ1) is 13.2. The van der Waals surface area contributed by atoms with Gasteiger partial charge in [-0.1, -0.05) is 6.07 Å². The van der Waals surface area contributed by atoms with Gasteiger partial charge in [-0.15, -0.1) is 0 Å². The van der Waals surface area contributed by atoms with Crippen molar-refractivity contribution in [3.05, 3.63) is 23.8 Å². The fraction of sp³-hybridized carbons (Fsp3) is 0.533. The van der Waals surface area contributed by atoms with Crippen LogP contribution in [0.5, 0.6) is 5.75 Å². The number of fused-ring (bicyclic) bond motifs is 1. The monoisotopic (exact) mass is 276 g/mol. The minimum atomic E-state index is -0.00657. The Bertz CT molecular complexity index is 518. The van der Waals surface area contributed by atoms with Crippen LogP contribution in [0.2, 0.25) is 0 Å². The van der Waals surface area contributed by atoms with Crippen LogP contribution in [-0.4, -0.2) is 49.8 Å². The molecule has 2 atom stereocenters. The van der Waals surface area contributed by atoms with Gasteiger partial charge in [0.25, 0.3) is 5.91 Å². The van der Waals surface area contributed by atoms with Crippen molar-refractivity contribution in [1.82, 2.24) is 4.90 Å². The Morgan fingerprint density at radius 1 is 1.40 bits per heavy atom. The molecule has 108 valence electrons. The van der Waals surface area contributed by atoms with Crippen LogP contribution in [0, 0.1) is 0 Å². The lowest BCUT2D eigenvalue weighted by molar-refractivity contribution is 0.0571. The quantitative estimate of drug-likeness (QED) is 0.894. The number of hydrogen-bond acceptors (Lipinski definition) is 4. The van der Waals surface area contributed by atoms with Crippen molar-refractivity contribution in [1.29, 1.82) is 0 Å². The van der Waals surface area contributed by atoms with Gasteiger partial charge in [-0.05, 0) is 25.5 Å². The summed E-state index contributed by atoms with van der Waals surface area (Å²) in [7, 11) is 1.84. The van der Waals surface area contributed by atoms with Crippen LogP contribution in [-0.2, 0) is 4.74 Å². The number of para-hydroxylation sites is 1. The number of ether oxygens (including phenoxy) is 2. The molecule has 3 rings (SSSR count). The highest BCUT2D eigenvalue weighted by Gasteiger charge is 2.32. The molecule has 1 N–H and O–H groups in total. The van der Waals surface area contributed by atoms with E-state index in [1.807, 2.05) is 32.2 Å². The summed E-state index contributed by atoms with van der Waals surface area (Å²) in [6.45, 7) is 4.09. The number of carbonyl (C=O) groups excluding carboxylic acids is 1. The van der Waals surface area contributed by atoms with Crippen LogP contribution < -0.4 is 10.1 Å². The second kappa shape index (κ2) is 5.32. The summed E-state index contributed by atoms with van der Waals surface area (Å²) in [6.07, 6.45) is 0.972. The second-order valence-electron chi connectivity index (χ2n) is 5.31. The van der Waals surface area contributed by atoms with E-state index < -0.39 is 0 Å². The Morgan fingerprint density at radius 3 is 3.00 bits per heavy atom. The van der Waals surface area contributed by atoms with E-state index in [0.29, 0.717) is 24.5 Å². The summed E-state index contributed by atoms with van der Waals surface area (Å²) in [5.41, 5.74) is 1.52. The summed E-state index contributed by atoms with van der Waals surface area (Å²) in [6, 6.07) is 5.78. The third-order valence-corrected chi connectivity index (χ3v) is 4.06. The van der Waals surface area contributed by atoms with Crippen LogP contribution in [0.25, 0.3) is 0 Å². The molecule has 1 saturated heterocycles. The Morgan fingerprint density at radius 2 is 2.25 bits per heavy atom. The van der Waals surface area contributed by atoms with E-state index in [-0.39, 0.29) is 18.1 Å². The number of amides is 1. The summed E-state index contributed by atoms with van der Waals surface area (Å²) in [5.74, 6) is 0.662. The van der Waals surface area contributed by atoms with Crippen LogP contribution in [0.1, 0.15) is 23.7 Å². The van der Waals surface area contributed by atoms with Gasteiger partial charge in [-0.25, -0.2) is 0 Å². The van der Waals surface area contributed by atoms with Crippen molar-refractivity contribution in [2.75, 3.05) is 32.1 Å². The zero-order valence-electron chi connectivity index (χ0n) is 11.9. The van der Waals surface area contributed by atoms with Gasteiger partial charge in [0.2, 0.25) is 0 Å². The van der Waals surface area contributed by atoms with Crippen molar-refractivity contribution in [3.63, 3.8) is 0 Å². The predicted molar refractivity (Wildman–Crippen MR) is 76.3 cm³/mol. The van der Waals surface area contributed by atoms with E-state index >= 15 is 0 Å². The molecule has 0 aromatic heterocycles. The van der Waals surface area contributed by atoms with Crippen LogP contribution in [0.4, 0.5) is 5.69 Å². The summed E-state index contributed by atoms with van der Waals surface area (Å²) in [5, 5.41) is 3.25. The van der Waals surface area contributed by atoms with Gasteiger partial charge in [-0.3, -0.25) is 4.79 Å². The molecular formula is C15H20N2O3. The lowest BCUT2D eigenvalue weighted by Gasteiger charge is -2.28. The van der Waals surface area contributed by atoms with Crippen molar-refractivity contribution < 1.29 is 14.3 Å². The van der Waals surface area contributed by atoms with Gasteiger partial charge in [0, 0.05) is 20.2 Å². The molecule has 0 radical (unpaired) electrons. The SMILES string of the molecule is CC1OCCC1N(C)C(=O)c1cccc2c1OCCN2. The van der Waals surface area contributed by atoms with Gasteiger partial charge in [-0.2, -0.15) is 0 Å². The molecule has 0 saturated carbocycles. The molecule has 0 aliphatic carbocycles. The third-order valence-electron chi connectivity index (χ3n) is 4.06. The minimum absolute atomic E-state index is 0.00657. The first-order valence-corrected chi connectivity index (χ1v) is 7.07. The van der Waals surface area contributed by atoms with Crippen molar-refractivity contribution in [3.8, 4) is 5.75 Å². The number of likely N-dealkylation sites (N-methyl/N-ethyl adjacent to an activating group) is 1. The second-order valence-corrected chi connectivity index (χ2v) is 5.31. The van der Waals surface area contributed by atoms with Gasteiger partial charge in [0.05, 0.1) is 23.4 Å². The number of anilines is 1. The topological polar surface area (TPSA) is 50.8 Å². The number of hydrogen-bond donors (Lipinski definition) is 1. The molecule has 5 heteroatoms.